The van der Waals surface area contributed by atoms with Gasteiger partial charge in [0.1, 0.15) is 0 Å². The summed E-state index contributed by atoms with van der Waals surface area (Å²) >= 11 is 0. The maximum atomic E-state index is 12.2. The molecule has 122 valence electrons. The normalized spacial score (nSPS) is 10.7. The Labute approximate surface area is 141 Å². The number of allylic oxidation sites excluding steroid dienone is 1. The molecule has 0 aromatic heterocycles. The van der Waals surface area contributed by atoms with Crippen molar-refractivity contribution in [1.29, 1.82) is 0 Å². The van der Waals surface area contributed by atoms with Gasteiger partial charge in [-0.15, -0.1) is 0 Å². The maximum Gasteiger partial charge on any atom is 0.261 e. The predicted octanol–water partition coefficient (Wildman–Crippen LogP) is 2.14. The lowest BCUT2D eigenvalue weighted by Gasteiger charge is -2.07. The van der Waals surface area contributed by atoms with Crippen LogP contribution in [-0.2, 0) is 14.8 Å². The van der Waals surface area contributed by atoms with Crippen LogP contribution in [0, 0.1) is 11.8 Å². The summed E-state index contributed by atoms with van der Waals surface area (Å²) in [5, 5.41) is 2.45. The van der Waals surface area contributed by atoms with Crippen LogP contribution in [0.3, 0.4) is 0 Å². The number of hydrogen-bond acceptors (Lipinski definition) is 3. The highest BCUT2D eigenvalue weighted by molar-refractivity contribution is 7.92. The van der Waals surface area contributed by atoms with E-state index >= 15 is 0 Å². The second-order valence-electron chi connectivity index (χ2n) is 4.71. The monoisotopic (exact) mass is 340 g/mol. The molecule has 0 heterocycles. The van der Waals surface area contributed by atoms with Gasteiger partial charge < -0.3 is 5.32 Å². The summed E-state index contributed by atoms with van der Waals surface area (Å²) < 4.78 is 26.9. The van der Waals surface area contributed by atoms with Crippen LogP contribution in [0.4, 0.5) is 5.69 Å². The van der Waals surface area contributed by atoms with E-state index in [9.17, 15) is 13.2 Å². The number of anilines is 1. The number of carbonyl (C=O) groups excluding carboxylic acids is 1. The zero-order valence-corrected chi connectivity index (χ0v) is 13.8. The SMILES string of the molecule is CNC(=O)/C=C/C#Cc1ccc(NS(=O)(=O)c2ccccc2)cc1. The van der Waals surface area contributed by atoms with Crippen LogP contribution in [0.5, 0.6) is 0 Å². The van der Waals surface area contributed by atoms with E-state index in [0.717, 1.165) is 0 Å². The van der Waals surface area contributed by atoms with E-state index in [4.69, 9.17) is 0 Å². The predicted molar refractivity (Wildman–Crippen MR) is 93.8 cm³/mol. The lowest BCUT2D eigenvalue weighted by atomic mass is 10.2. The maximum absolute atomic E-state index is 12.2. The van der Waals surface area contributed by atoms with Crippen LogP contribution in [0.1, 0.15) is 5.56 Å². The lowest BCUT2D eigenvalue weighted by molar-refractivity contribution is -0.116. The van der Waals surface area contributed by atoms with E-state index in [2.05, 4.69) is 21.9 Å². The zero-order valence-electron chi connectivity index (χ0n) is 13.0. The smallest absolute Gasteiger partial charge is 0.261 e. The molecule has 0 fully saturated rings. The van der Waals surface area contributed by atoms with E-state index in [-0.39, 0.29) is 10.8 Å². The number of sulfonamides is 1. The van der Waals surface area contributed by atoms with Crippen LogP contribution in [0.15, 0.2) is 71.6 Å². The van der Waals surface area contributed by atoms with Gasteiger partial charge in [0.15, 0.2) is 0 Å². The van der Waals surface area contributed by atoms with Gasteiger partial charge in [0.05, 0.1) is 4.90 Å². The van der Waals surface area contributed by atoms with Crippen molar-refractivity contribution in [3.63, 3.8) is 0 Å². The molecule has 0 unspecified atom stereocenters. The third-order valence-electron chi connectivity index (χ3n) is 2.97. The molecule has 2 N–H and O–H groups in total. The quantitative estimate of drug-likeness (QED) is 0.661. The Hall–Kier alpha value is -3.04. The number of amides is 1. The Morgan fingerprint density at radius 2 is 1.71 bits per heavy atom. The van der Waals surface area contributed by atoms with Gasteiger partial charge in [-0.3, -0.25) is 9.52 Å². The number of benzene rings is 2. The third-order valence-corrected chi connectivity index (χ3v) is 4.37. The Morgan fingerprint density at radius 3 is 2.33 bits per heavy atom. The van der Waals surface area contributed by atoms with Crippen molar-refractivity contribution in [2.24, 2.45) is 0 Å². The van der Waals surface area contributed by atoms with E-state index in [1.807, 2.05) is 0 Å². The lowest BCUT2D eigenvalue weighted by Crippen LogP contribution is -2.13. The molecular weight excluding hydrogens is 324 g/mol. The Kier molecular flexibility index (Phi) is 5.77. The summed E-state index contributed by atoms with van der Waals surface area (Å²) in [6.45, 7) is 0. The second-order valence-corrected chi connectivity index (χ2v) is 6.40. The molecule has 0 radical (unpaired) electrons. The molecule has 0 atom stereocenters. The Morgan fingerprint density at radius 1 is 1.04 bits per heavy atom. The number of nitrogens with one attached hydrogen (secondary N) is 2. The van der Waals surface area contributed by atoms with E-state index in [0.29, 0.717) is 11.3 Å². The standard InChI is InChI=1S/C18H16N2O3S/c1-19-18(21)10-6-5-7-15-11-13-16(14-12-15)20-24(22,23)17-8-3-2-4-9-17/h2-4,6,8-14,20H,1H3,(H,19,21)/b10-6+. The largest absolute Gasteiger partial charge is 0.356 e. The van der Waals surface area contributed by atoms with E-state index in [1.165, 1.54) is 31.3 Å². The highest BCUT2D eigenvalue weighted by Gasteiger charge is 2.12. The van der Waals surface area contributed by atoms with Gasteiger partial charge in [-0.1, -0.05) is 30.0 Å². The molecular formula is C18H16N2O3S. The first-order chi connectivity index (χ1) is 11.5. The fourth-order valence-corrected chi connectivity index (χ4v) is 2.84. The van der Waals surface area contributed by atoms with Gasteiger partial charge in [-0.25, -0.2) is 8.42 Å². The molecule has 0 aliphatic rings. The molecule has 0 bridgehead atoms. The topological polar surface area (TPSA) is 75.3 Å². The molecule has 2 aromatic rings. The molecule has 1 amide bonds. The van der Waals surface area contributed by atoms with Gasteiger partial charge in [-0.05, 0) is 42.5 Å². The summed E-state index contributed by atoms with van der Waals surface area (Å²) in [6, 6.07) is 14.8. The van der Waals surface area contributed by atoms with Crippen molar-refractivity contribution in [3.8, 4) is 11.8 Å². The molecule has 24 heavy (non-hydrogen) atoms. The number of likely N-dealkylation sites (N-methyl/N-ethyl adjacent to an activating group) is 1. The second kappa shape index (κ2) is 7.99. The summed E-state index contributed by atoms with van der Waals surface area (Å²) in [6.07, 6.45) is 2.78. The van der Waals surface area contributed by atoms with Gasteiger partial charge >= 0.3 is 0 Å². The number of carbonyl (C=O) groups is 1. The fraction of sp³-hybridized carbons (Fsp3) is 0.0556. The fourth-order valence-electron chi connectivity index (χ4n) is 1.76. The molecule has 0 saturated heterocycles. The van der Waals surface area contributed by atoms with E-state index < -0.39 is 10.0 Å². The van der Waals surface area contributed by atoms with Gasteiger partial charge in [-0.2, -0.15) is 0 Å². The van der Waals surface area contributed by atoms with Crippen molar-refractivity contribution in [3.05, 3.63) is 72.3 Å². The van der Waals surface area contributed by atoms with Crippen molar-refractivity contribution in [2.75, 3.05) is 11.8 Å². The van der Waals surface area contributed by atoms with Crippen molar-refractivity contribution < 1.29 is 13.2 Å². The van der Waals surface area contributed by atoms with Crippen molar-refractivity contribution in [1.82, 2.24) is 5.32 Å². The Bertz CT molecular complexity index is 891. The first-order valence-electron chi connectivity index (χ1n) is 7.09. The molecule has 0 saturated carbocycles. The van der Waals surface area contributed by atoms with Crippen LogP contribution < -0.4 is 10.0 Å². The highest BCUT2D eigenvalue weighted by Crippen LogP contribution is 2.16. The zero-order chi connectivity index (χ0) is 17.4. The minimum atomic E-state index is -3.60. The Balaban J connectivity index is 2.06. The summed E-state index contributed by atoms with van der Waals surface area (Å²) in [4.78, 5) is 11.2. The van der Waals surface area contributed by atoms with Crippen LogP contribution in [0.25, 0.3) is 0 Å². The average molecular weight is 340 g/mol. The average Bonchev–Trinajstić information content (AvgIpc) is 2.60. The highest BCUT2D eigenvalue weighted by atomic mass is 32.2. The molecule has 0 spiro atoms. The third kappa shape index (κ3) is 5.00. The molecule has 2 aromatic carbocycles. The van der Waals surface area contributed by atoms with Crippen LogP contribution in [-0.4, -0.2) is 21.4 Å². The molecule has 0 aliphatic carbocycles. The van der Waals surface area contributed by atoms with Gasteiger partial charge in [0, 0.05) is 24.4 Å². The minimum Gasteiger partial charge on any atom is -0.356 e. The van der Waals surface area contributed by atoms with Crippen LogP contribution in [0.2, 0.25) is 0 Å². The summed E-state index contributed by atoms with van der Waals surface area (Å²) in [5.41, 5.74) is 1.16. The first kappa shape index (κ1) is 17.3. The van der Waals surface area contributed by atoms with Crippen molar-refractivity contribution >= 4 is 21.6 Å². The van der Waals surface area contributed by atoms with Crippen molar-refractivity contribution in [2.45, 2.75) is 4.90 Å². The van der Waals surface area contributed by atoms with Gasteiger partial charge in [0.25, 0.3) is 10.0 Å². The molecule has 0 aliphatic heterocycles. The minimum absolute atomic E-state index is 0.202. The van der Waals surface area contributed by atoms with Gasteiger partial charge in [0.2, 0.25) is 5.91 Å². The van der Waals surface area contributed by atoms with Crippen LogP contribution >= 0.6 is 0 Å². The summed E-state index contributed by atoms with van der Waals surface area (Å²) in [7, 11) is -2.06. The molecule has 2 rings (SSSR count). The molecule has 5 nitrogen and oxygen atoms in total. The first-order valence-corrected chi connectivity index (χ1v) is 8.57. The van der Waals surface area contributed by atoms with E-state index in [1.54, 1.807) is 42.5 Å². The number of rotatable bonds is 4. The number of hydrogen-bond donors (Lipinski definition) is 2. The molecule has 6 heteroatoms. The summed E-state index contributed by atoms with van der Waals surface area (Å²) in [5.74, 6) is 5.36.